The van der Waals surface area contributed by atoms with E-state index >= 15 is 0 Å². The number of hydrogen-bond donors (Lipinski definition) is 0. The van der Waals surface area contributed by atoms with Crippen LogP contribution in [-0.2, 0) is 0 Å². The highest BCUT2D eigenvalue weighted by molar-refractivity contribution is 8.03. The molecule has 2 aliphatic rings. The summed E-state index contributed by atoms with van der Waals surface area (Å²) in [6.45, 7) is 0. The molecule has 1 heterocycles. The second kappa shape index (κ2) is 3.18. The summed E-state index contributed by atoms with van der Waals surface area (Å²) in [5.74, 6) is 0. The van der Waals surface area contributed by atoms with Crippen molar-refractivity contribution in [3.05, 3.63) is 58.5 Å². The minimum atomic E-state index is 1.07. The van der Waals surface area contributed by atoms with Crippen molar-refractivity contribution >= 4 is 17.8 Å². The summed E-state index contributed by atoms with van der Waals surface area (Å²) in [6.07, 6.45) is 10.1. The van der Waals surface area contributed by atoms with E-state index in [0.717, 1.165) is 6.42 Å². The molecule has 0 fully saturated rings. The summed E-state index contributed by atoms with van der Waals surface area (Å²) in [5, 5.41) is 0. The van der Waals surface area contributed by atoms with Crippen LogP contribution in [0.5, 0.6) is 0 Å². The van der Waals surface area contributed by atoms with Crippen LogP contribution in [0.25, 0.3) is 6.08 Å². The van der Waals surface area contributed by atoms with Crippen molar-refractivity contribution in [1.82, 2.24) is 0 Å². The Labute approximate surface area is 88.0 Å². The Hall–Kier alpha value is -1.21. The second-order valence-corrected chi connectivity index (χ2v) is 4.53. The first kappa shape index (κ1) is 8.13. The van der Waals surface area contributed by atoms with Gasteiger partial charge in [-0.15, -0.1) is 0 Å². The predicted octanol–water partition coefficient (Wildman–Crippen LogP) is 4.02. The fraction of sp³-hybridized carbons (Fsp3) is 0.0769. The van der Waals surface area contributed by atoms with Crippen molar-refractivity contribution < 1.29 is 0 Å². The Kier molecular flexibility index (Phi) is 1.84. The third-order valence-corrected chi connectivity index (χ3v) is 3.69. The zero-order valence-electron chi connectivity index (χ0n) is 7.73. The monoisotopic (exact) mass is 198 g/mol. The molecule has 1 aromatic carbocycles. The average molecular weight is 198 g/mol. The molecule has 14 heavy (non-hydrogen) atoms. The molecule has 1 aromatic rings. The molecular formula is C13H10S. The molecule has 0 atom stereocenters. The van der Waals surface area contributed by atoms with Crippen LogP contribution in [0.2, 0.25) is 0 Å². The molecule has 0 amide bonds. The predicted molar refractivity (Wildman–Crippen MR) is 62.1 cm³/mol. The molecule has 0 bridgehead atoms. The van der Waals surface area contributed by atoms with Crippen molar-refractivity contribution in [2.24, 2.45) is 0 Å². The molecule has 0 saturated carbocycles. The van der Waals surface area contributed by atoms with Crippen molar-refractivity contribution in [1.29, 1.82) is 0 Å². The smallest absolute Gasteiger partial charge is 0.0195 e. The van der Waals surface area contributed by atoms with Gasteiger partial charge in [-0.05, 0) is 29.7 Å². The van der Waals surface area contributed by atoms with E-state index in [1.807, 2.05) is 11.8 Å². The third kappa shape index (κ3) is 1.25. The van der Waals surface area contributed by atoms with Gasteiger partial charge in [-0.25, -0.2) is 0 Å². The fourth-order valence-corrected chi connectivity index (χ4v) is 2.82. The van der Waals surface area contributed by atoms with Gasteiger partial charge >= 0.3 is 0 Å². The van der Waals surface area contributed by atoms with Crippen LogP contribution < -0.4 is 0 Å². The zero-order chi connectivity index (χ0) is 9.38. The van der Waals surface area contributed by atoms with E-state index in [4.69, 9.17) is 0 Å². The summed E-state index contributed by atoms with van der Waals surface area (Å²) < 4.78 is 0. The highest BCUT2D eigenvalue weighted by Gasteiger charge is 2.14. The number of allylic oxidation sites excluding steroid dienone is 4. The van der Waals surface area contributed by atoms with Crippen molar-refractivity contribution in [3.8, 4) is 0 Å². The molecule has 0 saturated heterocycles. The van der Waals surface area contributed by atoms with Crippen LogP contribution in [0.4, 0.5) is 0 Å². The molecule has 0 unspecified atom stereocenters. The van der Waals surface area contributed by atoms with Gasteiger partial charge in [0.05, 0.1) is 0 Å². The highest BCUT2D eigenvalue weighted by Crippen LogP contribution is 2.41. The molecule has 0 N–H and O–H groups in total. The SMILES string of the molecule is C1=CC2=Cc3ccccc3SC2=CC1. The van der Waals surface area contributed by atoms with Gasteiger partial charge in [-0.2, -0.15) is 0 Å². The van der Waals surface area contributed by atoms with E-state index in [9.17, 15) is 0 Å². The van der Waals surface area contributed by atoms with Crippen molar-refractivity contribution in [3.63, 3.8) is 0 Å². The normalized spacial score (nSPS) is 18.0. The maximum atomic E-state index is 2.30. The van der Waals surface area contributed by atoms with Gasteiger partial charge in [-0.1, -0.05) is 48.2 Å². The van der Waals surface area contributed by atoms with E-state index in [1.54, 1.807) is 0 Å². The van der Waals surface area contributed by atoms with Crippen LogP contribution in [0.1, 0.15) is 12.0 Å². The Balaban J connectivity index is 2.17. The molecule has 0 spiro atoms. The Bertz CT molecular complexity index is 464. The molecule has 68 valence electrons. The lowest BCUT2D eigenvalue weighted by Gasteiger charge is -2.18. The topological polar surface area (TPSA) is 0 Å². The van der Waals surface area contributed by atoms with E-state index in [-0.39, 0.29) is 0 Å². The zero-order valence-corrected chi connectivity index (χ0v) is 8.55. The van der Waals surface area contributed by atoms with Gasteiger partial charge in [0.15, 0.2) is 0 Å². The first-order valence-electron chi connectivity index (χ1n) is 4.79. The lowest BCUT2D eigenvalue weighted by molar-refractivity contribution is 1.31. The molecule has 0 aromatic heterocycles. The van der Waals surface area contributed by atoms with Gasteiger partial charge in [0.1, 0.15) is 0 Å². The molecule has 1 aliphatic carbocycles. The van der Waals surface area contributed by atoms with E-state index in [2.05, 4.69) is 48.6 Å². The summed E-state index contributed by atoms with van der Waals surface area (Å²) in [5.41, 5.74) is 2.70. The number of benzene rings is 1. The van der Waals surface area contributed by atoms with E-state index in [1.165, 1.54) is 20.9 Å². The second-order valence-electron chi connectivity index (χ2n) is 3.45. The van der Waals surface area contributed by atoms with Gasteiger partial charge in [0.2, 0.25) is 0 Å². The summed E-state index contributed by atoms with van der Waals surface area (Å²) in [6, 6.07) is 8.56. The van der Waals surface area contributed by atoms with Gasteiger partial charge in [-0.3, -0.25) is 0 Å². The fourth-order valence-electron chi connectivity index (χ4n) is 1.77. The standard InChI is InChI=1S/C13H10S/c1-3-7-12-10(5-1)9-11-6-2-4-8-13(11)14-12/h1-3,5-9H,4H2. The van der Waals surface area contributed by atoms with Crippen LogP contribution >= 0.6 is 11.8 Å². The average Bonchev–Trinajstić information content (AvgIpc) is 2.26. The van der Waals surface area contributed by atoms with E-state index in [0.29, 0.717) is 0 Å². The maximum absolute atomic E-state index is 2.30. The van der Waals surface area contributed by atoms with Crippen LogP contribution in [0.3, 0.4) is 0 Å². The molecule has 0 radical (unpaired) electrons. The molecular weight excluding hydrogens is 188 g/mol. The number of thioether (sulfide) groups is 1. The lowest BCUT2D eigenvalue weighted by atomic mass is 10.1. The summed E-state index contributed by atoms with van der Waals surface area (Å²) >= 11 is 1.88. The number of hydrogen-bond acceptors (Lipinski definition) is 1. The third-order valence-electron chi connectivity index (χ3n) is 2.47. The maximum Gasteiger partial charge on any atom is 0.0195 e. The summed E-state index contributed by atoms with van der Waals surface area (Å²) in [7, 11) is 0. The molecule has 3 rings (SSSR count). The van der Waals surface area contributed by atoms with Gasteiger partial charge in [0.25, 0.3) is 0 Å². The summed E-state index contributed by atoms with van der Waals surface area (Å²) in [4.78, 5) is 2.78. The van der Waals surface area contributed by atoms with Crippen molar-refractivity contribution in [2.75, 3.05) is 0 Å². The van der Waals surface area contributed by atoms with Crippen LogP contribution in [0.15, 0.2) is 57.9 Å². The lowest BCUT2D eigenvalue weighted by Crippen LogP contribution is -1.94. The van der Waals surface area contributed by atoms with Gasteiger partial charge < -0.3 is 0 Å². The molecule has 1 aliphatic heterocycles. The highest BCUT2D eigenvalue weighted by atomic mass is 32.2. The first-order valence-corrected chi connectivity index (χ1v) is 5.61. The Morgan fingerprint density at radius 3 is 3.07 bits per heavy atom. The number of rotatable bonds is 0. The largest absolute Gasteiger partial charge is 0.0892 e. The first-order chi connectivity index (χ1) is 6.93. The molecule has 1 heteroatoms. The van der Waals surface area contributed by atoms with Crippen LogP contribution in [0, 0.1) is 0 Å². The minimum absolute atomic E-state index is 1.07. The molecule has 0 nitrogen and oxygen atoms in total. The number of fused-ring (bicyclic) bond motifs is 2. The van der Waals surface area contributed by atoms with E-state index < -0.39 is 0 Å². The van der Waals surface area contributed by atoms with Crippen molar-refractivity contribution in [2.45, 2.75) is 11.3 Å². The Morgan fingerprint density at radius 1 is 1.14 bits per heavy atom. The Morgan fingerprint density at radius 2 is 2.07 bits per heavy atom. The van der Waals surface area contributed by atoms with Gasteiger partial charge in [0, 0.05) is 9.80 Å². The van der Waals surface area contributed by atoms with Crippen LogP contribution in [-0.4, -0.2) is 0 Å². The quantitative estimate of drug-likeness (QED) is 0.606. The minimum Gasteiger partial charge on any atom is -0.0892 e.